The van der Waals surface area contributed by atoms with Gasteiger partial charge in [-0.15, -0.1) is 0 Å². The molecular formula is C6H13BrN2O6. The Balaban J connectivity index is 0. The highest BCUT2D eigenvalue weighted by Crippen LogP contribution is 2.14. The summed E-state index contributed by atoms with van der Waals surface area (Å²) >= 11 is 2.84. The summed E-state index contributed by atoms with van der Waals surface area (Å²) in [5.74, 6) is 0. The maximum atomic E-state index is 9.78. The first kappa shape index (κ1) is 16.6. The third-order valence-corrected chi connectivity index (χ3v) is 1.44. The second-order valence-electron chi connectivity index (χ2n) is 2.97. The minimum absolute atomic E-state index is 0.396. The monoisotopic (exact) mass is 288 g/mol. The molecule has 0 aliphatic rings. The lowest BCUT2D eigenvalue weighted by atomic mass is 10.4. The van der Waals surface area contributed by atoms with Crippen LogP contribution in [0.25, 0.3) is 0 Å². The second-order valence-corrected chi connectivity index (χ2v) is 4.91. The van der Waals surface area contributed by atoms with Crippen LogP contribution >= 0.6 is 15.9 Å². The maximum absolute atomic E-state index is 9.78. The lowest BCUT2D eigenvalue weighted by molar-refractivity contribution is -0.528. The number of nitrogens with zero attached hydrogens (tertiary/aromatic N) is 2. The molecule has 2 N–H and O–H groups in total. The van der Waals surface area contributed by atoms with E-state index in [0.717, 1.165) is 0 Å². The van der Waals surface area contributed by atoms with Gasteiger partial charge in [-0.05, 0) is 15.9 Å². The van der Waals surface area contributed by atoms with Crippen molar-refractivity contribution in [1.29, 1.82) is 0 Å². The molecule has 0 aliphatic carbocycles. The first-order valence-corrected chi connectivity index (χ1v) is 4.64. The average molecular weight is 289 g/mol. The first-order chi connectivity index (χ1) is 6.66. The van der Waals surface area contributed by atoms with E-state index in [4.69, 9.17) is 10.2 Å². The molecule has 15 heavy (non-hydrogen) atoms. The molecule has 0 rings (SSSR count). The summed E-state index contributed by atoms with van der Waals surface area (Å²) in [5.41, 5.74) is 0. The van der Waals surface area contributed by atoms with Crippen LogP contribution in [0.15, 0.2) is 0 Å². The lowest BCUT2D eigenvalue weighted by Gasteiger charge is -2.03. The summed E-state index contributed by atoms with van der Waals surface area (Å²) < 4.78 is -0.965. The summed E-state index contributed by atoms with van der Waals surface area (Å²) in [4.78, 5) is 18.3. The van der Waals surface area contributed by atoms with Gasteiger partial charge in [-0.3, -0.25) is 20.2 Å². The molecule has 0 unspecified atom stereocenters. The van der Waals surface area contributed by atoms with Crippen LogP contribution in [0.2, 0.25) is 0 Å². The molecule has 0 aromatic heterocycles. The van der Waals surface area contributed by atoms with Crippen molar-refractivity contribution in [2.75, 3.05) is 13.2 Å². The Hall–Kier alpha value is -0.800. The topological polar surface area (TPSA) is 127 Å². The summed E-state index contributed by atoms with van der Waals surface area (Å²) in [6, 6.07) is -1.21. The van der Waals surface area contributed by atoms with Crippen molar-refractivity contribution in [3.63, 3.8) is 0 Å². The summed E-state index contributed by atoms with van der Waals surface area (Å²) in [7, 11) is 0. The van der Waals surface area contributed by atoms with Crippen LogP contribution in [0.1, 0.15) is 13.8 Å². The molecule has 0 heterocycles. The maximum Gasteiger partial charge on any atom is 0.269 e. The molecule has 0 spiro atoms. The van der Waals surface area contributed by atoms with E-state index in [2.05, 4.69) is 15.9 Å². The predicted molar refractivity (Wildman–Crippen MR) is 55.0 cm³/mol. The molecular weight excluding hydrogens is 276 g/mol. The van der Waals surface area contributed by atoms with E-state index in [1.807, 2.05) is 0 Å². The van der Waals surface area contributed by atoms with Crippen molar-refractivity contribution >= 4 is 15.9 Å². The van der Waals surface area contributed by atoms with Crippen LogP contribution in [0.5, 0.6) is 0 Å². The Bertz CT molecular complexity index is 212. The number of rotatable bonds is 4. The van der Waals surface area contributed by atoms with Crippen LogP contribution < -0.4 is 0 Å². The highest BCUT2D eigenvalue weighted by molar-refractivity contribution is 9.10. The molecule has 8 nitrogen and oxygen atoms in total. The Labute approximate surface area is 94.3 Å². The van der Waals surface area contributed by atoms with E-state index in [0.29, 0.717) is 0 Å². The van der Waals surface area contributed by atoms with E-state index in [1.54, 1.807) is 0 Å². The molecule has 9 heteroatoms. The molecule has 0 aromatic carbocycles. The van der Waals surface area contributed by atoms with Crippen LogP contribution in [0, 0.1) is 20.2 Å². The Kier molecular flexibility index (Phi) is 8.30. The van der Waals surface area contributed by atoms with Crippen molar-refractivity contribution < 1.29 is 20.1 Å². The minimum atomic E-state index is -1.21. The molecule has 0 aliphatic heterocycles. The fraction of sp³-hybridized carbons (Fsp3) is 1.00. The van der Waals surface area contributed by atoms with Crippen LogP contribution in [-0.4, -0.2) is 43.8 Å². The van der Waals surface area contributed by atoms with E-state index in [9.17, 15) is 20.2 Å². The fourth-order valence-electron chi connectivity index (χ4n) is 0.191. The van der Waals surface area contributed by atoms with Gasteiger partial charge < -0.3 is 10.2 Å². The van der Waals surface area contributed by atoms with Gasteiger partial charge >= 0.3 is 0 Å². The molecule has 0 radical (unpaired) electrons. The minimum Gasteiger partial charge on any atom is -0.389 e. The summed E-state index contributed by atoms with van der Waals surface area (Å²) in [6.45, 7) is 1.74. The zero-order chi connectivity index (χ0) is 12.6. The smallest absolute Gasteiger partial charge is 0.269 e. The van der Waals surface area contributed by atoms with Gasteiger partial charge in [0, 0.05) is 23.7 Å². The van der Waals surface area contributed by atoms with Gasteiger partial charge in [-0.25, -0.2) is 0 Å². The first-order valence-electron chi connectivity index (χ1n) is 3.85. The average Bonchev–Trinajstić information content (AvgIpc) is 2.04. The Morgan fingerprint density at radius 3 is 1.53 bits per heavy atom. The largest absolute Gasteiger partial charge is 0.389 e. The van der Waals surface area contributed by atoms with Crippen LogP contribution in [-0.2, 0) is 0 Å². The van der Waals surface area contributed by atoms with Crippen molar-refractivity contribution in [2.24, 2.45) is 0 Å². The number of aliphatic hydroxyl groups is 2. The molecule has 0 aromatic rings. The molecule has 90 valence electrons. The normalized spacial score (nSPS) is 10.5. The Morgan fingerprint density at radius 1 is 1.27 bits per heavy atom. The Morgan fingerprint density at radius 2 is 1.53 bits per heavy atom. The van der Waals surface area contributed by atoms with E-state index in [-0.39, 0.29) is 0 Å². The van der Waals surface area contributed by atoms with Gasteiger partial charge in [0.15, 0.2) is 0 Å². The lowest BCUT2D eigenvalue weighted by Crippen LogP contribution is -2.27. The molecule has 0 fully saturated rings. The summed E-state index contributed by atoms with van der Waals surface area (Å²) in [6.07, 6.45) is 0. The van der Waals surface area contributed by atoms with Crippen molar-refractivity contribution in [2.45, 2.75) is 24.3 Å². The predicted octanol–water partition coefficient (Wildman–Crippen LogP) is 0.0104. The van der Waals surface area contributed by atoms with Crippen molar-refractivity contribution in [1.82, 2.24) is 0 Å². The van der Waals surface area contributed by atoms with Gasteiger partial charge in [0.2, 0.25) is 0 Å². The number of aliphatic hydroxyl groups excluding tert-OH is 2. The van der Waals surface area contributed by atoms with E-state index < -0.39 is 33.6 Å². The van der Waals surface area contributed by atoms with Gasteiger partial charge in [0.05, 0.1) is 0 Å². The number of halogens is 1. The van der Waals surface area contributed by atoms with Gasteiger partial charge in [-0.2, -0.15) is 0 Å². The van der Waals surface area contributed by atoms with Crippen molar-refractivity contribution in [3.05, 3.63) is 20.2 Å². The van der Waals surface area contributed by atoms with E-state index >= 15 is 0 Å². The third kappa shape index (κ3) is 9.50. The number of alkyl halides is 1. The van der Waals surface area contributed by atoms with Gasteiger partial charge in [0.1, 0.15) is 13.2 Å². The third-order valence-electron chi connectivity index (χ3n) is 1.15. The highest BCUT2D eigenvalue weighted by Gasteiger charge is 2.24. The molecule has 0 saturated heterocycles. The van der Waals surface area contributed by atoms with Crippen LogP contribution in [0.3, 0.4) is 0 Å². The molecule has 0 atom stereocenters. The standard InChI is InChI=1S/C3H6BrNO2.C3H7NO4/c1-3(2,4)5(6)7;5-1-3(2-6)4(7)8/h1-2H3;3,5-6H,1-2H2. The molecule has 0 saturated carbocycles. The second kappa shape index (κ2) is 7.49. The van der Waals surface area contributed by atoms with E-state index in [1.165, 1.54) is 13.8 Å². The zero-order valence-electron chi connectivity index (χ0n) is 8.29. The van der Waals surface area contributed by atoms with Crippen molar-refractivity contribution in [3.8, 4) is 0 Å². The fourth-order valence-corrected chi connectivity index (χ4v) is 0.191. The van der Waals surface area contributed by atoms with Gasteiger partial charge in [-0.1, -0.05) is 0 Å². The number of nitro groups is 2. The molecule has 0 amide bonds. The summed E-state index contributed by atoms with van der Waals surface area (Å²) in [5, 5.41) is 35.6. The number of hydrogen-bond donors (Lipinski definition) is 2. The van der Waals surface area contributed by atoms with Gasteiger partial charge in [0.25, 0.3) is 10.5 Å². The molecule has 0 bridgehead atoms. The SMILES string of the molecule is CC(C)(Br)[N+](=O)[O-].O=[N+]([O-])C(CO)CO. The zero-order valence-corrected chi connectivity index (χ0v) is 9.88. The quantitative estimate of drug-likeness (QED) is 0.325. The number of hydrogen-bond acceptors (Lipinski definition) is 6. The van der Waals surface area contributed by atoms with Crippen LogP contribution in [0.4, 0.5) is 0 Å². The highest BCUT2D eigenvalue weighted by atomic mass is 79.9.